The van der Waals surface area contributed by atoms with Crippen LogP contribution in [0.3, 0.4) is 0 Å². The van der Waals surface area contributed by atoms with Crippen LogP contribution in [0.5, 0.6) is 0 Å². The number of carbonyl (C=O) groups is 3. The van der Waals surface area contributed by atoms with Crippen molar-refractivity contribution in [1.82, 2.24) is 14.6 Å². The number of nitrogens with one attached hydrogen (secondary N) is 2. The SMILES string of the molecule is O=C(Nc1ccc(-c2ccns2)cc1)[C@@H]1CC[C@@H]2C(=O)NCC(=O)N2C1. The van der Waals surface area contributed by atoms with Crippen LogP contribution in [0, 0.1) is 5.92 Å². The van der Waals surface area contributed by atoms with E-state index in [9.17, 15) is 14.4 Å². The van der Waals surface area contributed by atoms with Gasteiger partial charge in [-0.2, -0.15) is 0 Å². The molecule has 0 spiro atoms. The molecule has 8 heteroatoms. The number of nitrogens with zero attached hydrogens (tertiary/aromatic N) is 2. The van der Waals surface area contributed by atoms with E-state index in [1.807, 2.05) is 30.3 Å². The lowest BCUT2D eigenvalue weighted by molar-refractivity contribution is -0.149. The minimum Gasteiger partial charge on any atom is -0.345 e. The second kappa shape index (κ2) is 6.87. The number of fused-ring (bicyclic) bond motifs is 1. The lowest BCUT2D eigenvalue weighted by Crippen LogP contribution is -2.62. The second-order valence-corrected chi connectivity index (χ2v) is 7.33. The molecule has 0 bridgehead atoms. The summed E-state index contributed by atoms with van der Waals surface area (Å²) in [5.74, 6) is -0.668. The summed E-state index contributed by atoms with van der Waals surface area (Å²) in [5, 5.41) is 5.51. The molecule has 134 valence electrons. The Hall–Kier alpha value is -2.74. The zero-order chi connectivity index (χ0) is 18.1. The third-order valence-electron chi connectivity index (χ3n) is 4.86. The minimum atomic E-state index is -0.431. The molecule has 2 atom stereocenters. The predicted octanol–water partition coefficient (Wildman–Crippen LogP) is 1.49. The number of hydrogen-bond donors (Lipinski definition) is 2. The first kappa shape index (κ1) is 16.7. The van der Waals surface area contributed by atoms with Crippen LogP contribution in [-0.4, -0.2) is 46.1 Å². The van der Waals surface area contributed by atoms with Gasteiger partial charge in [0.15, 0.2) is 0 Å². The molecule has 0 saturated carbocycles. The maximum atomic E-state index is 12.6. The third kappa shape index (κ3) is 3.20. The number of anilines is 1. The summed E-state index contributed by atoms with van der Waals surface area (Å²) in [7, 11) is 0. The molecule has 1 aromatic carbocycles. The van der Waals surface area contributed by atoms with Crippen molar-refractivity contribution in [2.24, 2.45) is 5.92 Å². The molecule has 26 heavy (non-hydrogen) atoms. The van der Waals surface area contributed by atoms with Gasteiger partial charge in [0.2, 0.25) is 17.7 Å². The van der Waals surface area contributed by atoms with Crippen molar-refractivity contribution in [2.45, 2.75) is 18.9 Å². The summed E-state index contributed by atoms with van der Waals surface area (Å²) in [6.07, 6.45) is 2.86. The standard InChI is InChI=1S/C18H18N4O3S/c23-16-9-19-18(25)14-6-3-12(10-22(14)16)17(24)21-13-4-1-11(2-5-13)15-7-8-20-26-15/h1-2,4-5,7-8,12,14H,3,6,9-10H2,(H,19,25)(H,21,24)/t12-,14-/m1/s1. The second-order valence-electron chi connectivity index (χ2n) is 6.50. The first-order valence-electron chi connectivity index (χ1n) is 8.51. The molecular weight excluding hydrogens is 352 g/mol. The Morgan fingerprint density at radius 2 is 2.00 bits per heavy atom. The van der Waals surface area contributed by atoms with Crippen LogP contribution in [0.4, 0.5) is 5.69 Å². The molecule has 2 fully saturated rings. The molecule has 0 aliphatic carbocycles. The molecule has 2 aromatic rings. The van der Waals surface area contributed by atoms with Crippen LogP contribution >= 0.6 is 11.5 Å². The molecule has 3 heterocycles. The molecule has 7 nitrogen and oxygen atoms in total. The van der Waals surface area contributed by atoms with Crippen LogP contribution in [0.1, 0.15) is 12.8 Å². The average molecular weight is 370 g/mol. The number of benzene rings is 1. The smallest absolute Gasteiger partial charge is 0.243 e. The Morgan fingerprint density at radius 1 is 1.19 bits per heavy atom. The van der Waals surface area contributed by atoms with Crippen LogP contribution in [0.25, 0.3) is 10.4 Å². The Labute approximate surface area is 154 Å². The molecule has 0 unspecified atom stereocenters. The third-order valence-corrected chi connectivity index (χ3v) is 5.66. The monoisotopic (exact) mass is 370 g/mol. The molecule has 2 N–H and O–H groups in total. The van der Waals surface area contributed by atoms with Crippen molar-refractivity contribution >= 4 is 34.9 Å². The van der Waals surface area contributed by atoms with Gasteiger partial charge in [0, 0.05) is 18.4 Å². The maximum Gasteiger partial charge on any atom is 0.243 e. The fourth-order valence-corrected chi connectivity index (χ4v) is 4.04. The Balaban J connectivity index is 1.40. The van der Waals surface area contributed by atoms with Gasteiger partial charge in [-0.1, -0.05) is 12.1 Å². The van der Waals surface area contributed by atoms with Crippen molar-refractivity contribution in [3.8, 4) is 10.4 Å². The topological polar surface area (TPSA) is 91.4 Å². The molecule has 0 radical (unpaired) electrons. The Morgan fingerprint density at radius 3 is 2.73 bits per heavy atom. The highest BCUT2D eigenvalue weighted by Crippen LogP contribution is 2.27. The summed E-state index contributed by atoms with van der Waals surface area (Å²) >= 11 is 1.42. The van der Waals surface area contributed by atoms with E-state index >= 15 is 0 Å². The van der Waals surface area contributed by atoms with Crippen LogP contribution in [0.2, 0.25) is 0 Å². The van der Waals surface area contributed by atoms with E-state index in [-0.39, 0.29) is 30.2 Å². The predicted molar refractivity (Wildman–Crippen MR) is 97.4 cm³/mol. The number of piperazine rings is 1. The van der Waals surface area contributed by atoms with E-state index in [0.29, 0.717) is 25.1 Å². The van der Waals surface area contributed by atoms with Crippen LogP contribution in [0.15, 0.2) is 36.5 Å². The van der Waals surface area contributed by atoms with E-state index in [0.717, 1.165) is 10.4 Å². The summed E-state index contributed by atoms with van der Waals surface area (Å²) < 4.78 is 4.09. The Bertz CT molecular complexity index is 835. The van der Waals surface area contributed by atoms with Gasteiger partial charge < -0.3 is 15.5 Å². The van der Waals surface area contributed by atoms with Gasteiger partial charge in [-0.25, -0.2) is 4.37 Å². The minimum absolute atomic E-state index is 0.0166. The molecule has 2 saturated heterocycles. The van der Waals surface area contributed by atoms with Crippen molar-refractivity contribution in [3.63, 3.8) is 0 Å². The van der Waals surface area contributed by atoms with Gasteiger partial charge >= 0.3 is 0 Å². The lowest BCUT2D eigenvalue weighted by atomic mass is 9.90. The Kier molecular flexibility index (Phi) is 4.42. The van der Waals surface area contributed by atoms with E-state index in [4.69, 9.17) is 0 Å². The van der Waals surface area contributed by atoms with Crippen molar-refractivity contribution in [1.29, 1.82) is 0 Å². The highest BCUT2D eigenvalue weighted by atomic mass is 32.1. The van der Waals surface area contributed by atoms with Gasteiger partial charge in [0.1, 0.15) is 6.04 Å². The quantitative estimate of drug-likeness (QED) is 0.856. The van der Waals surface area contributed by atoms with Gasteiger partial charge in [0.25, 0.3) is 0 Å². The lowest BCUT2D eigenvalue weighted by Gasteiger charge is -2.41. The summed E-state index contributed by atoms with van der Waals surface area (Å²) in [5.41, 5.74) is 1.77. The molecule has 2 aliphatic rings. The van der Waals surface area contributed by atoms with Gasteiger partial charge in [0.05, 0.1) is 17.3 Å². The highest BCUT2D eigenvalue weighted by molar-refractivity contribution is 7.09. The average Bonchev–Trinajstić information content (AvgIpc) is 3.20. The zero-order valence-electron chi connectivity index (χ0n) is 14.0. The summed E-state index contributed by atoms with van der Waals surface area (Å²) in [6.45, 7) is 0.310. The molecule has 2 aliphatic heterocycles. The largest absolute Gasteiger partial charge is 0.345 e. The zero-order valence-corrected chi connectivity index (χ0v) is 14.8. The molecule has 1 aromatic heterocycles. The normalized spacial score (nSPS) is 22.5. The van der Waals surface area contributed by atoms with Crippen LogP contribution < -0.4 is 10.6 Å². The number of hydrogen-bond acceptors (Lipinski definition) is 5. The summed E-state index contributed by atoms with van der Waals surface area (Å²) in [6, 6.07) is 9.12. The highest BCUT2D eigenvalue weighted by Gasteiger charge is 2.40. The van der Waals surface area contributed by atoms with Crippen molar-refractivity contribution < 1.29 is 14.4 Å². The summed E-state index contributed by atoms with van der Waals surface area (Å²) in [4.78, 5) is 39.1. The molecule has 4 rings (SSSR count). The maximum absolute atomic E-state index is 12.6. The van der Waals surface area contributed by atoms with E-state index in [2.05, 4.69) is 15.0 Å². The fraction of sp³-hybridized carbons (Fsp3) is 0.333. The van der Waals surface area contributed by atoms with Gasteiger partial charge in [-0.15, -0.1) is 0 Å². The van der Waals surface area contributed by atoms with E-state index in [1.165, 1.54) is 11.5 Å². The van der Waals surface area contributed by atoms with Crippen molar-refractivity contribution in [2.75, 3.05) is 18.4 Å². The van der Waals surface area contributed by atoms with Gasteiger partial charge in [-0.05, 0) is 48.1 Å². The number of rotatable bonds is 3. The first-order chi connectivity index (χ1) is 12.6. The first-order valence-corrected chi connectivity index (χ1v) is 9.28. The fourth-order valence-electron chi connectivity index (χ4n) is 3.44. The number of aromatic nitrogens is 1. The molecular formula is C18H18N4O3S. The number of carbonyl (C=O) groups excluding carboxylic acids is 3. The van der Waals surface area contributed by atoms with E-state index < -0.39 is 6.04 Å². The van der Waals surface area contributed by atoms with Crippen molar-refractivity contribution in [3.05, 3.63) is 36.5 Å². The molecule has 3 amide bonds. The van der Waals surface area contributed by atoms with E-state index in [1.54, 1.807) is 11.1 Å². The van der Waals surface area contributed by atoms with Crippen LogP contribution in [-0.2, 0) is 14.4 Å². The number of piperidine rings is 1. The van der Waals surface area contributed by atoms with Gasteiger partial charge in [-0.3, -0.25) is 14.4 Å². The number of amides is 3.